The van der Waals surface area contributed by atoms with E-state index < -0.39 is 23.2 Å². The molecule has 0 spiro atoms. The number of rotatable bonds is 2. The van der Waals surface area contributed by atoms with Crippen molar-refractivity contribution in [2.75, 3.05) is 0 Å². The molecule has 0 aromatic carbocycles. The lowest BCUT2D eigenvalue weighted by molar-refractivity contribution is -0.136. The number of hydrogen-bond donors (Lipinski definition) is 2. The first-order valence-corrected chi connectivity index (χ1v) is 5.99. The molecule has 1 unspecified atom stereocenters. The second kappa shape index (κ2) is 4.97. The van der Waals surface area contributed by atoms with Crippen LogP contribution in [0.4, 0.5) is 4.79 Å². The summed E-state index contributed by atoms with van der Waals surface area (Å²) in [4.78, 5) is 23.7. The first kappa shape index (κ1) is 13.9. The molecule has 6 nitrogen and oxygen atoms in total. The third kappa shape index (κ3) is 3.94. The molecule has 96 valence electrons. The topological polar surface area (TPSA) is 92.9 Å². The zero-order valence-corrected chi connectivity index (χ0v) is 10.8. The highest BCUT2D eigenvalue weighted by molar-refractivity contribution is 8.02. The summed E-state index contributed by atoms with van der Waals surface area (Å²) in [5.74, 6) is -1.01. The summed E-state index contributed by atoms with van der Waals surface area (Å²) in [5, 5.41) is 10.3. The van der Waals surface area contributed by atoms with Crippen molar-refractivity contribution in [3.63, 3.8) is 0 Å². The second-order valence-electron chi connectivity index (χ2n) is 4.56. The number of carbonyl (C=O) groups is 2. The lowest BCUT2D eigenvalue weighted by atomic mass is 10.2. The van der Waals surface area contributed by atoms with Crippen molar-refractivity contribution in [3.8, 4) is 0 Å². The van der Waals surface area contributed by atoms with Crippen molar-refractivity contribution >= 4 is 23.8 Å². The highest BCUT2D eigenvalue weighted by Gasteiger charge is 2.33. The van der Waals surface area contributed by atoms with E-state index in [-0.39, 0.29) is 6.42 Å². The molecule has 17 heavy (non-hydrogen) atoms. The van der Waals surface area contributed by atoms with E-state index in [2.05, 4.69) is 0 Å². The standard InChI is InChI=1S/C10H16N2O4S/c1-10(2,3)16-9(15)12-6(4-7(13)14)5-17-8(12)11/h5,8H,4,11H2,1-3H3,(H,13,14). The molecule has 1 amide bonds. The number of carboxylic acids is 1. The number of amides is 1. The van der Waals surface area contributed by atoms with Gasteiger partial charge in [0.15, 0.2) is 0 Å². The molecule has 0 bridgehead atoms. The second-order valence-corrected chi connectivity index (χ2v) is 5.55. The monoisotopic (exact) mass is 260 g/mol. The van der Waals surface area contributed by atoms with Crippen LogP contribution in [0.25, 0.3) is 0 Å². The largest absolute Gasteiger partial charge is 0.481 e. The smallest absolute Gasteiger partial charge is 0.416 e. The van der Waals surface area contributed by atoms with Crippen LogP contribution >= 0.6 is 11.8 Å². The van der Waals surface area contributed by atoms with Gasteiger partial charge in [0.1, 0.15) is 11.1 Å². The molecular weight excluding hydrogens is 244 g/mol. The Hall–Kier alpha value is -1.21. The van der Waals surface area contributed by atoms with Gasteiger partial charge < -0.3 is 15.6 Å². The third-order valence-electron chi connectivity index (χ3n) is 1.83. The normalized spacial score (nSPS) is 20.1. The van der Waals surface area contributed by atoms with Crippen LogP contribution in [0.5, 0.6) is 0 Å². The lowest BCUT2D eigenvalue weighted by Gasteiger charge is -2.27. The van der Waals surface area contributed by atoms with Gasteiger partial charge in [0.2, 0.25) is 0 Å². The van der Waals surface area contributed by atoms with Crippen LogP contribution in [-0.4, -0.2) is 33.2 Å². The van der Waals surface area contributed by atoms with Crippen LogP contribution in [0.15, 0.2) is 11.1 Å². The lowest BCUT2D eigenvalue weighted by Crippen LogP contribution is -2.43. The predicted octanol–water partition coefficient (Wildman–Crippen LogP) is 1.53. The number of hydrogen-bond acceptors (Lipinski definition) is 5. The van der Waals surface area contributed by atoms with Gasteiger partial charge in [-0.15, -0.1) is 0 Å². The summed E-state index contributed by atoms with van der Waals surface area (Å²) in [6.45, 7) is 5.21. The minimum Gasteiger partial charge on any atom is -0.481 e. The summed E-state index contributed by atoms with van der Waals surface area (Å²) < 4.78 is 5.16. The zero-order chi connectivity index (χ0) is 13.2. The van der Waals surface area contributed by atoms with Crippen molar-refractivity contribution in [2.24, 2.45) is 5.73 Å². The van der Waals surface area contributed by atoms with Crippen LogP contribution < -0.4 is 5.73 Å². The molecule has 3 N–H and O–H groups in total. The Balaban J connectivity index is 2.76. The number of nitrogens with two attached hydrogens (primary N) is 1. The summed E-state index contributed by atoms with van der Waals surface area (Å²) in [5.41, 5.74) is 4.79. The average molecular weight is 260 g/mol. The molecule has 0 saturated heterocycles. The minimum absolute atomic E-state index is 0.250. The molecule has 0 radical (unpaired) electrons. The molecule has 0 aromatic heterocycles. The molecule has 0 saturated carbocycles. The molecule has 1 aliphatic heterocycles. The van der Waals surface area contributed by atoms with Gasteiger partial charge in [0.05, 0.1) is 6.42 Å². The molecule has 1 atom stereocenters. The molecule has 0 fully saturated rings. The van der Waals surface area contributed by atoms with Crippen molar-refractivity contribution in [1.29, 1.82) is 0 Å². The predicted molar refractivity (Wildman–Crippen MR) is 64.0 cm³/mol. The molecule has 1 aliphatic rings. The maximum atomic E-state index is 11.8. The van der Waals surface area contributed by atoms with Gasteiger partial charge in [-0.1, -0.05) is 11.8 Å². The van der Waals surface area contributed by atoms with Crippen molar-refractivity contribution in [1.82, 2.24) is 4.90 Å². The number of carbonyl (C=O) groups excluding carboxylic acids is 1. The van der Waals surface area contributed by atoms with Crippen LogP contribution in [0.1, 0.15) is 27.2 Å². The third-order valence-corrected chi connectivity index (χ3v) is 2.73. The first-order valence-electron chi connectivity index (χ1n) is 5.05. The molecule has 0 aromatic rings. The molecule has 1 heterocycles. The summed E-state index contributed by atoms with van der Waals surface area (Å²) in [6.07, 6.45) is -0.873. The zero-order valence-electron chi connectivity index (χ0n) is 9.97. The van der Waals surface area contributed by atoms with Gasteiger partial charge in [-0.3, -0.25) is 9.69 Å². The van der Waals surface area contributed by atoms with E-state index in [1.807, 2.05) is 0 Å². The highest BCUT2D eigenvalue weighted by Crippen LogP contribution is 2.31. The minimum atomic E-state index is -1.01. The van der Waals surface area contributed by atoms with E-state index in [1.54, 1.807) is 26.2 Å². The van der Waals surface area contributed by atoms with E-state index in [9.17, 15) is 9.59 Å². The quantitative estimate of drug-likeness (QED) is 0.782. The SMILES string of the molecule is CC(C)(C)OC(=O)N1C(CC(=O)O)=CSC1N. The molecule has 7 heteroatoms. The Morgan fingerprint density at radius 3 is 2.65 bits per heavy atom. The Labute approximate surface area is 104 Å². The summed E-state index contributed by atoms with van der Waals surface area (Å²) >= 11 is 1.19. The van der Waals surface area contributed by atoms with Gasteiger partial charge in [-0.05, 0) is 26.2 Å². The Morgan fingerprint density at radius 1 is 1.59 bits per heavy atom. The van der Waals surface area contributed by atoms with Crippen molar-refractivity contribution in [2.45, 2.75) is 38.3 Å². The van der Waals surface area contributed by atoms with E-state index in [1.165, 1.54) is 16.7 Å². The van der Waals surface area contributed by atoms with Gasteiger partial charge in [-0.25, -0.2) is 4.79 Å². The van der Waals surface area contributed by atoms with Crippen LogP contribution in [-0.2, 0) is 9.53 Å². The Kier molecular flexibility index (Phi) is 4.05. The van der Waals surface area contributed by atoms with Crippen LogP contribution in [0.3, 0.4) is 0 Å². The fourth-order valence-corrected chi connectivity index (χ4v) is 2.08. The van der Waals surface area contributed by atoms with Crippen molar-refractivity contribution < 1.29 is 19.4 Å². The average Bonchev–Trinajstić information content (AvgIpc) is 2.42. The van der Waals surface area contributed by atoms with Gasteiger partial charge in [-0.2, -0.15) is 0 Å². The number of thioether (sulfide) groups is 1. The first-order chi connectivity index (χ1) is 7.70. The highest BCUT2D eigenvalue weighted by atomic mass is 32.2. The fraction of sp³-hybridized carbons (Fsp3) is 0.600. The summed E-state index contributed by atoms with van der Waals surface area (Å²) in [7, 11) is 0. The van der Waals surface area contributed by atoms with Gasteiger partial charge in [0.25, 0.3) is 0 Å². The number of nitrogens with zero attached hydrogens (tertiary/aromatic N) is 1. The van der Waals surface area contributed by atoms with Crippen LogP contribution in [0, 0.1) is 0 Å². The molecule has 1 rings (SSSR count). The van der Waals surface area contributed by atoms with Crippen molar-refractivity contribution in [3.05, 3.63) is 11.1 Å². The summed E-state index contributed by atoms with van der Waals surface area (Å²) in [6, 6.07) is 0. The Bertz CT molecular complexity index is 362. The van der Waals surface area contributed by atoms with E-state index >= 15 is 0 Å². The van der Waals surface area contributed by atoms with E-state index in [0.29, 0.717) is 5.70 Å². The van der Waals surface area contributed by atoms with Gasteiger partial charge in [0, 0.05) is 5.70 Å². The van der Waals surface area contributed by atoms with Gasteiger partial charge >= 0.3 is 12.1 Å². The number of ether oxygens (including phenoxy) is 1. The van der Waals surface area contributed by atoms with E-state index in [0.717, 1.165) is 0 Å². The number of aliphatic carboxylic acids is 1. The molecular formula is C10H16N2O4S. The number of carboxylic acid groups (broad SMARTS) is 1. The molecule has 0 aliphatic carbocycles. The van der Waals surface area contributed by atoms with E-state index in [4.69, 9.17) is 15.6 Å². The maximum Gasteiger partial charge on any atom is 0.416 e. The maximum absolute atomic E-state index is 11.8. The van der Waals surface area contributed by atoms with Crippen LogP contribution in [0.2, 0.25) is 0 Å². The Morgan fingerprint density at radius 2 is 2.18 bits per heavy atom. The fourth-order valence-electron chi connectivity index (χ4n) is 1.24.